The SMILES string of the molecule is CN(C)C(=O)Cn1cc(C(=O)N2CCC3(CC2)OC(=O)Nc2ccccc23)c2ccc(Cl)cc21. The number of fused-ring (bicyclic) bond motifs is 3. The van der Waals surface area contributed by atoms with Crippen molar-refractivity contribution in [3.05, 3.63) is 64.8 Å². The molecule has 3 amide bonds. The third kappa shape index (κ3) is 3.77. The minimum Gasteiger partial charge on any atom is -0.438 e. The topological polar surface area (TPSA) is 83.9 Å². The van der Waals surface area contributed by atoms with Gasteiger partial charge in [0.25, 0.3) is 5.91 Å². The van der Waals surface area contributed by atoms with E-state index >= 15 is 0 Å². The number of likely N-dealkylation sites (tertiary alicyclic amines) is 1. The molecule has 0 bridgehead atoms. The van der Waals surface area contributed by atoms with Crippen molar-refractivity contribution in [1.82, 2.24) is 14.4 Å². The number of ether oxygens (including phenoxy) is 1. The number of nitrogens with zero attached hydrogens (tertiary/aromatic N) is 3. The summed E-state index contributed by atoms with van der Waals surface area (Å²) in [4.78, 5) is 41.4. The number of carbonyl (C=O) groups is 3. The molecule has 2 aromatic carbocycles. The molecule has 5 rings (SSSR count). The Kier molecular flexibility index (Phi) is 5.48. The number of likely N-dealkylation sites (N-methyl/N-ethyl adjacent to an activating group) is 1. The molecule has 34 heavy (non-hydrogen) atoms. The predicted molar refractivity (Wildman–Crippen MR) is 129 cm³/mol. The third-order valence-electron chi connectivity index (χ3n) is 6.68. The van der Waals surface area contributed by atoms with Gasteiger partial charge in [-0.15, -0.1) is 0 Å². The number of para-hydroxylation sites is 1. The van der Waals surface area contributed by atoms with Crippen LogP contribution in [0, 0.1) is 0 Å². The van der Waals surface area contributed by atoms with Gasteiger partial charge in [0, 0.05) is 62.2 Å². The van der Waals surface area contributed by atoms with E-state index in [4.69, 9.17) is 16.3 Å². The molecule has 0 radical (unpaired) electrons. The molecular weight excluding hydrogens is 456 g/mol. The lowest BCUT2D eigenvalue weighted by Gasteiger charge is -2.44. The van der Waals surface area contributed by atoms with Crippen LogP contribution < -0.4 is 5.32 Å². The number of amides is 3. The Balaban J connectivity index is 1.42. The van der Waals surface area contributed by atoms with Crippen molar-refractivity contribution in [3.8, 4) is 0 Å². The van der Waals surface area contributed by atoms with E-state index in [1.165, 1.54) is 4.90 Å². The summed E-state index contributed by atoms with van der Waals surface area (Å²) >= 11 is 6.21. The first-order chi connectivity index (χ1) is 16.3. The van der Waals surface area contributed by atoms with Crippen LogP contribution in [0.25, 0.3) is 10.9 Å². The quantitative estimate of drug-likeness (QED) is 0.612. The smallest absolute Gasteiger partial charge is 0.412 e. The summed E-state index contributed by atoms with van der Waals surface area (Å²) in [6.45, 7) is 0.995. The van der Waals surface area contributed by atoms with Crippen LogP contribution in [0.3, 0.4) is 0 Å². The van der Waals surface area contributed by atoms with Crippen molar-refractivity contribution in [2.24, 2.45) is 0 Å². The van der Waals surface area contributed by atoms with Crippen LogP contribution in [-0.2, 0) is 21.7 Å². The molecule has 3 aromatic rings. The Labute approximate surface area is 202 Å². The molecule has 8 nitrogen and oxygen atoms in total. The summed E-state index contributed by atoms with van der Waals surface area (Å²) < 4.78 is 7.55. The highest BCUT2D eigenvalue weighted by atomic mass is 35.5. The Hall–Kier alpha value is -3.52. The number of carbonyl (C=O) groups excluding carboxylic acids is 3. The minimum absolute atomic E-state index is 0.0813. The average molecular weight is 481 g/mol. The summed E-state index contributed by atoms with van der Waals surface area (Å²) in [5, 5.41) is 4.04. The second kappa shape index (κ2) is 8.36. The van der Waals surface area contributed by atoms with E-state index in [-0.39, 0.29) is 18.4 Å². The molecule has 0 atom stereocenters. The van der Waals surface area contributed by atoms with Crippen molar-refractivity contribution in [1.29, 1.82) is 0 Å². The summed E-state index contributed by atoms with van der Waals surface area (Å²) in [6.07, 6.45) is 2.28. The van der Waals surface area contributed by atoms with E-state index in [1.807, 2.05) is 30.3 Å². The first kappa shape index (κ1) is 22.3. The molecule has 9 heteroatoms. The molecule has 0 saturated carbocycles. The van der Waals surface area contributed by atoms with Gasteiger partial charge in [-0.05, 0) is 18.2 Å². The zero-order chi connectivity index (χ0) is 24.0. The molecule has 2 aliphatic heterocycles. The highest BCUT2D eigenvalue weighted by Gasteiger charge is 2.45. The number of anilines is 1. The maximum atomic E-state index is 13.6. The van der Waals surface area contributed by atoms with Crippen molar-refractivity contribution in [3.63, 3.8) is 0 Å². The van der Waals surface area contributed by atoms with Crippen LogP contribution in [0.15, 0.2) is 48.7 Å². The van der Waals surface area contributed by atoms with E-state index < -0.39 is 11.7 Å². The average Bonchev–Trinajstić information content (AvgIpc) is 3.16. The number of nitrogens with one attached hydrogen (secondary N) is 1. The van der Waals surface area contributed by atoms with Gasteiger partial charge in [-0.25, -0.2) is 4.79 Å². The lowest BCUT2D eigenvalue weighted by Crippen LogP contribution is -2.49. The Morgan fingerprint density at radius 1 is 1.15 bits per heavy atom. The summed E-state index contributed by atoms with van der Waals surface area (Å²) in [7, 11) is 3.39. The minimum atomic E-state index is -0.741. The molecule has 1 spiro atoms. The molecule has 0 aliphatic carbocycles. The van der Waals surface area contributed by atoms with Crippen LogP contribution in [-0.4, -0.2) is 59.5 Å². The number of piperidine rings is 1. The molecular formula is C25H25ClN4O4. The molecule has 0 unspecified atom stereocenters. The zero-order valence-corrected chi connectivity index (χ0v) is 19.8. The fraction of sp³-hybridized carbons (Fsp3) is 0.320. The standard InChI is InChI=1S/C25H25ClN4O4/c1-28(2)22(31)15-30-14-18(17-8-7-16(26)13-21(17)30)23(32)29-11-9-25(10-12-29)19-5-3-4-6-20(19)27-24(33)34-25/h3-8,13-14H,9-12,15H2,1-2H3,(H,27,33). The lowest BCUT2D eigenvalue weighted by molar-refractivity contribution is -0.129. The zero-order valence-electron chi connectivity index (χ0n) is 19.0. The number of aromatic nitrogens is 1. The second-order valence-electron chi connectivity index (χ2n) is 8.97. The van der Waals surface area contributed by atoms with Gasteiger partial charge in [-0.2, -0.15) is 0 Å². The number of halogens is 1. The predicted octanol–water partition coefficient (Wildman–Crippen LogP) is 4.08. The Morgan fingerprint density at radius 3 is 2.62 bits per heavy atom. The Bertz CT molecular complexity index is 1310. The van der Waals surface area contributed by atoms with Crippen LogP contribution in [0.5, 0.6) is 0 Å². The van der Waals surface area contributed by atoms with E-state index in [0.717, 1.165) is 22.2 Å². The fourth-order valence-corrected chi connectivity index (χ4v) is 4.99. The molecule has 176 valence electrons. The fourth-order valence-electron chi connectivity index (χ4n) is 4.82. The number of hydrogen-bond acceptors (Lipinski definition) is 4. The highest BCUT2D eigenvalue weighted by molar-refractivity contribution is 6.31. The molecule has 2 aliphatic rings. The molecule has 3 heterocycles. The van der Waals surface area contributed by atoms with Gasteiger partial charge in [0.1, 0.15) is 12.1 Å². The highest BCUT2D eigenvalue weighted by Crippen LogP contribution is 2.43. The van der Waals surface area contributed by atoms with Crippen molar-refractivity contribution >= 4 is 46.1 Å². The van der Waals surface area contributed by atoms with Gasteiger partial charge >= 0.3 is 6.09 Å². The summed E-state index contributed by atoms with van der Waals surface area (Å²) in [5.74, 6) is -0.200. The first-order valence-electron chi connectivity index (χ1n) is 11.1. The summed E-state index contributed by atoms with van der Waals surface area (Å²) in [5.41, 5.74) is 2.21. The molecule has 1 fully saturated rings. The van der Waals surface area contributed by atoms with Crippen molar-refractivity contribution < 1.29 is 19.1 Å². The molecule has 1 N–H and O–H groups in total. The third-order valence-corrected chi connectivity index (χ3v) is 6.92. The molecule has 1 saturated heterocycles. The van der Waals surface area contributed by atoms with Gasteiger partial charge in [0.15, 0.2) is 0 Å². The van der Waals surface area contributed by atoms with Gasteiger partial charge in [0.05, 0.1) is 16.8 Å². The first-order valence-corrected chi connectivity index (χ1v) is 11.5. The van der Waals surface area contributed by atoms with E-state index in [2.05, 4.69) is 5.32 Å². The van der Waals surface area contributed by atoms with Crippen molar-refractivity contribution in [2.45, 2.75) is 25.0 Å². The van der Waals surface area contributed by atoms with Crippen LogP contribution in [0.2, 0.25) is 5.02 Å². The summed E-state index contributed by atoms with van der Waals surface area (Å²) in [6, 6.07) is 13.0. The van der Waals surface area contributed by atoms with Crippen LogP contribution in [0.4, 0.5) is 10.5 Å². The van der Waals surface area contributed by atoms with Gasteiger partial charge < -0.3 is 19.1 Å². The Morgan fingerprint density at radius 2 is 1.88 bits per heavy atom. The second-order valence-corrected chi connectivity index (χ2v) is 9.40. The van der Waals surface area contributed by atoms with E-state index in [9.17, 15) is 14.4 Å². The van der Waals surface area contributed by atoms with Gasteiger partial charge in [-0.1, -0.05) is 35.9 Å². The lowest BCUT2D eigenvalue weighted by atomic mass is 9.82. The van der Waals surface area contributed by atoms with Crippen LogP contribution in [0.1, 0.15) is 28.8 Å². The van der Waals surface area contributed by atoms with E-state index in [1.54, 1.807) is 41.9 Å². The number of benzene rings is 2. The van der Waals surface area contributed by atoms with E-state index in [0.29, 0.717) is 36.5 Å². The van der Waals surface area contributed by atoms with Gasteiger partial charge in [0.2, 0.25) is 5.91 Å². The van der Waals surface area contributed by atoms with Gasteiger partial charge in [-0.3, -0.25) is 14.9 Å². The maximum absolute atomic E-state index is 13.6. The normalized spacial score (nSPS) is 16.7. The number of rotatable bonds is 3. The monoisotopic (exact) mass is 480 g/mol. The van der Waals surface area contributed by atoms with Crippen molar-refractivity contribution in [2.75, 3.05) is 32.5 Å². The number of hydrogen-bond donors (Lipinski definition) is 1. The maximum Gasteiger partial charge on any atom is 0.412 e. The van der Waals surface area contributed by atoms with Crippen LogP contribution >= 0.6 is 11.6 Å². The molecule has 1 aromatic heterocycles. The largest absolute Gasteiger partial charge is 0.438 e.